The first-order valence-electron chi connectivity index (χ1n) is 12.1. The SMILES string of the molecule is CCC(C)c1ccc(N2COc3c(cc4c(C)c(Cc5ccccc5)c(=O)oc4c3C)C2)cc1. The quantitative estimate of drug-likeness (QED) is 0.309. The Labute approximate surface area is 200 Å². The first kappa shape index (κ1) is 22.3. The van der Waals surface area contributed by atoms with Gasteiger partial charge in [0.05, 0.1) is 0 Å². The minimum atomic E-state index is -0.268. The second kappa shape index (κ2) is 9.02. The van der Waals surface area contributed by atoms with E-state index in [0.29, 0.717) is 30.2 Å². The van der Waals surface area contributed by atoms with Crippen LogP contribution in [0.4, 0.5) is 5.69 Å². The number of rotatable bonds is 5. The molecule has 0 spiro atoms. The van der Waals surface area contributed by atoms with Crippen LogP contribution in [-0.2, 0) is 13.0 Å². The van der Waals surface area contributed by atoms with Gasteiger partial charge in [-0.25, -0.2) is 4.79 Å². The summed E-state index contributed by atoms with van der Waals surface area (Å²) in [5.41, 5.74) is 7.68. The lowest BCUT2D eigenvalue weighted by molar-refractivity contribution is 0.287. The van der Waals surface area contributed by atoms with Crippen LogP contribution >= 0.6 is 0 Å². The third-order valence-electron chi connectivity index (χ3n) is 7.22. The topological polar surface area (TPSA) is 42.7 Å². The zero-order chi connectivity index (χ0) is 23.8. The monoisotopic (exact) mass is 453 g/mol. The van der Waals surface area contributed by atoms with Gasteiger partial charge in [-0.15, -0.1) is 0 Å². The standard InChI is InChI=1S/C30H31NO3/c1-5-19(2)23-11-13-25(14-12-23)31-17-24-16-26-20(3)27(15-22-9-7-6-8-10-22)30(32)34-29(26)21(4)28(24)33-18-31/h6-14,16,19H,5,15,17-18H2,1-4H3. The molecule has 1 atom stereocenters. The van der Waals surface area contributed by atoms with E-state index in [1.807, 2.05) is 44.2 Å². The normalized spacial score (nSPS) is 14.1. The fraction of sp³-hybridized carbons (Fsp3) is 0.300. The summed E-state index contributed by atoms with van der Waals surface area (Å²) in [5.74, 6) is 1.39. The Balaban J connectivity index is 1.51. The van der Waals surface area contributed by atoms with E-state index in [4.69, 9.17) is 9.15 Å². The van der Waals surface area contributed by atoms with Gasteiger partial charge in [-0.3, -0.25) is 0 Å². The predicted molar refractivity (Wildman–Crippen MR) is 138 cm³/mol. The fourth-order valence-corrected chi connectivity index (χ4v) is 4.86. The Hall–Kier alpha value is -3.53. The van der Waals surface area contributed by atoms with E-state index < -0.39 is 0 Å². The Bertz CT molecular complexity index is 1390. The van der Waals surface area contributed by atoms with E-state index in [-0.39, 0.29) is 5.63 Å². The molecular weight excluding hydrogens is 422 g/mol. The highest BCUT2D eigenvalue weighted by Crippen LogP contribution is 2.37. The van der Waals surface area contributed by atoms with Gasteiger partial charge in [0, 0.05) is 40.7 Å². The minimum absolute atomic E-state index is 0.268. The number of hydrogen-bond acceptors (Lipinski definition) is 4. The van der Waals surface area contributed by atoms with Crippen LogP contribution in [0.5, 0.6) is 5.75 Å². The molecule has 1 unspecified atom stereocenters. The number of anilines is 1. The molecule has 4 nitrogen and oxygen atoms in total. The van der Waals surface area contributed by atoms with Crippen LogP contribution in [-0.4, -0.2) is 6.73 Å². The number of aryl methyl sites for hydroxylation is 2. The van der Waals surface area contributed by atoms with Gasteiger partial charge in [-0.05, 0) is 61.1 Å². The van der Waals surface area contributed by atoms with E-state index in [0.717, 1.165) is 52.0 Å². The summed E-state index contributed by atoms with van der Waals surface area (Å²) in [7, 11) is 0. The van der Waals surface area contributed by atoms with Crippen molar-refractivity contribution in [3.05, 3.63) is 104 Å². The predicted octanol–water partition coefficient (Wildman–Crippen LogP) is 6.87. The van der Waals surface area contributed by atoms with Crippen molar-refractivity contribution < 1.29 is 9.15 Å². The van der Waals surface area contributed by atoms with Crippen LogP contribution < -0.4 is 15.3 Å². The molecule has 174 valence electrons. The second-order valence-corrected chi connectivity index (χ2v) is 9.39. The highest BCUT2D eigenvalue weighted by molar-refractivity contribution is 5.87. The highest BCUT2D eigenvalue weighted by Gasteiger charge is 2.24. The lowest BCUT2D eigenvalue weighted by atomic mass is 9.96. The zero-order valence-electron chi connectivity index (χ0n) is 20.4. The van der Waals surface area contributed by atoms with Gasteiger partial charge in [0.2, 0.25) is 0 Å². The summed E-state index contributed by atoms with van der Waals surface area (Å²) in [6.45, 7) is 9.71. The molecule has 2 heterocycles. The number of nitrogens with zero attached hydrogens (tertiary/aromatic N) is 1. The summed E-state index contributed by atoms with van der Waals surface area (Å²) in [5, 5.41) is 0.986. The molecule has 0 bridgehead atoms. The molecule has 1 aliphatic rings. The summed E-state index contributed by atoms with van der Waals surface area (Å²) in [4.78, 5) is 15.1. The largest absolute Gasteiger partial charge is 0.472 e. The Morgan fingerprint density at radius 3 is 2.44 bits per heavy atom. The maximum atomic E-state index is 12.9. The zero-order valence-corrected chi connectivity index (χ0v) is 20.4. The molecule has 0 amide bonds. The molecule has 3 aromatic carbocycles. The van der Waals surface area contributed by atoms with Gasteiger partial charge in [0.15, 0.2) is 6.73 Å². The maximum Gasteiger partial charge on any atom is 0.340 e. The smallest absolute Gasteiger partial charge is 0.340 e. The molecule has 0 N–H and O–H groups in total. The van der Waals surface area contributed by atoms with Crippen molar-refractivity contribution in [3.8, 4) is 5.75 Å². The molecule has 0 fully saturated rings. The molecule has 5 rings (SSSR count). The van der Waals surface area contributed by atoms with Crippen molar-refractivity contribution in [1.82, 2.24) is 0 Å². The van der Waals surface area contributed by atoms with Gasteiger partial charge < -0.3 is 14.1 Å². The molecule has 0 saturated carbocycles. The van der Waals surface area contributed by atoms with Gasteiger partial charge in [-0.1, -0.05) is 56.3 Å². The number of ether oxygens (including phenoxy) is 1. The maximum absolute atomic E-state index is 12.9. The first-order valence-corrected chi connectivity index (χ1v) is 12.1. The van der Waals surface area contributed by atoms with Crippen molar-refractivity contribution >= 4 is 16.7 Å². The van der Waals surface area contributed by atoms with Gasteiger partial charge >= 0.3 is 5.63 Å². The third kappa shape index (κ3) is 3.98. The van der Waals surface area contributed by atoms with Crippen molar-refractivity contribution in [2.75, 3.05) is 11.6 Å². The highest BCUT2D eigenvalue weighted by atomic mass is 16.5. The number of fused-ring (bicyclic) bond motifs is 2. The van der Waals surface area contributed by atoms with E-state index >= 15 is 0 Å². The Kier molecular flexibility index (Phi) is 5.91. The molecule has 34 heavy (non-hydrogen) atoms. The van der Waals surface area contributed by atoms with Crippen molar-refractivity contribution in [2.24, 2.45) is 0 Å². The second-order valence-electron chi connectivity index (χ2n) is 9.39. The Morgan fingerprint density at radius 1 is 1.00 bits per heavy atom. The fourth-order valence-electron chi connectivity index (χ4n) is 4.86. The average Bonchev–Trinajstić information content (AvgIpc) is 2.87. The number of benzene rings is 3. The molecule has 1 aromatic heterocycles. The van der Waals surface area contributed by atoms with Crippen LogP contribution in [0.1, 0.15) is 59.6 Å². The third-order valence-corrected chi connectivity index (χ3v) is 7.22. The lowest BCUT2D eigenvalue weighted by Crippen LogP contribution is -2.32. The molecule has 0 aliphatic carbocycles. The van der Waals surface area contributed by atoms with Crippen LogP contribution in [0.2, 0.25) is 0 Å². The Morgan fingerprint density at radius 2 is 1.74 bits per heavy atom. The molecule has 0 radical (unpaired) electrons. The van der Waals surface area contributed by atoms with Crippen LogP contribution in [0, 0.1) is 13.8 Å². The summed E-state index contributed by atoms with van der Waals surface area (Å²) >= 11 is 0. The molecule has 0 saturated heterocycles. The number of hydrogen-bond donors (Lipinski definition) is 0. The summed E-state index contributed by atoms with van der Waals surface area (Å²) in [6.07, 6.45) is 1.69. The van der Waals surface area contributed by atoms with Crippen LogP contribution in [0.3, 0.4) is 0 Å². The molecular formula is C30H31NO3. The van der Waals surface area contributed by atoms with Crippen LogP contribution in [0.25, 0.3) is 11.0 Å². The minimum Gasteiger partial charge on any atom is -0.472 e. The van der Waals surface area contributed by atoms with Crippen molar-refractivity contribution in [3.63, 3.8) is 0 Å². The molecule has 4 heteroatoms. The lowest BCUT2D eigenvalue weighted by Gasteiger charge is -2.32. The summed E-state index contributed by atoms with van der Waals surface area (Å²) in [6, 6.07) is 21.0. The van der Waals surface area contributed by atoms with Crippen molar-refractivity contribution in [2.45, 2.75) is 53.0 Å². The van der Waals surface area contributed by atoms with E-state index in [1.165, 1.54) is 5.56 Å². The average molecular weight is 454 g/mol. The summed E-state index contributed by atoms with van der Waals surface area (Å²) < 4.78 is 12.0. The van der Waals surface area contributed by atoms with E-state index in [1.54, 1.807) is 0 Å². The van der Waals surface area contributed by atoms with Gasteiger partial charge in [0.1, 0.15) is 11.3 Å². The van der Waals surface area contributed by atoms with E-state index in [2.05, 4.69) is 49.1 Å². The molecule has 1 aliphatic heterocycles. The van der Waals surface area contributed by atoms with Crippen LogP contribution in [0.15, 0.2) is 69.9 Å². The van der Waals surface area contributed by atoms with E-state index in [9.17, 15) is 4.79 Å². The van der Waals surface area contributed by atoms with Gasteiger partial charge in [-0.2, -0.15) is 0 Å². The van der Waals surface area contributed by atoms with Gasteiger partial charge in [0.25, 0.3) is 0 Å². The first-order chi connectivity index (χ1) is 16.5. The van der Waals surface area contributed by atoms with Crippen molar-refractivity contribution in [1.29, 1.82) is 0 Å². The molecule has 4 aromatic rings.